The van der Waals surface area contributed by atoms with Crippen LogP contribution in [-0.4, -0.2) is 53.3 Å². The van der Waals surface area contributed by atoms with Crippen molar-refractivity contribution >= 4 is 16.2 Å². The van der Waals surface area contributed by atoms with Crippen LogP contribution >= 0.6 is 0 Å². The van der Waals surface area contributed by atoms with Gasteiger partial charge in [-0.15, -0.1) is 0 Å². The lowest BCUT2D eigenvalue weighted by Crippen LogP contribution is -2.52. The van der Waals surface area contributed by atoms with Crippen LogP contribution < -0.4 is 0 Å². The molecule has 0 aromatic rings. The molecule has 2 rings (SSSR count). The predicted octanol–water partition coefficient (Wildman–Crippen LogP) is 0.902. The first-order valence-electron chi connectivity index (χ1n) is 6.76. The first-order chi connectivity index (χ1) is 8.75. The maximum Gasteiger partial charge on any atom is 0.306 e. The van der Waals surface area contributed by atoms with Crippen molar-refractivity contribution < 1.29 is 18.3 Å². The van der Waals surface area contributed by atoms with Gasteiger partial charge in [0.05, 0.1) is 5.92 Å². The highest BCUT2D eigenvalue weighted by molar-refractivity contribution is 7.86. The first kappa shape index (κ1) is 14.7. The Morgan fingerprint density at radius 3 is 2.21 bits per heavy atom. The average Bonchev–Trinajstić information content (AvgIpc) is 2.69. The Morgan fingerprint density at radius 2 is 1.79 bits per heavy atom. The molecule has 0 bridgehead atoms. The molecule has 0 radical (unpaired) electrons. The van der Waals surface area contributed by atoms with E-state index in [1.165, 1.54) is 4.31 Å². The number of rotatable bonds is 3. The minimum absolute atomic E-state index is 0.311. The number of carboxylic acid groups (broad SMARTS) is 1. The van der Waals surface area contributed by atoms with Gasteiger partial charge in [-0.2, -0.15) is 17.0 Å². The molecule has 1 N–H and O–H groups in total. The van der Waals surface area contributed by atoms with Crippen molar-refractivity contribution in [2.45, 2.75) is 45.1 Å². The largest absolute Gasteiger partial charge is 0.481 e. The minimum Gasteiger partial charge on any atom is -0.481 e. The van der Waals surface area contributed by atoms with Crippen molar-refractivity contribution in [2.24, 2.45) is 5.92 Å². The van der Waals surface area contributed by atoms with E-state index in [4.69, 9.17) is 5.11 Å². The fraction of sp³-hybridized carbons (Fsp3) is 0.917. The lowest BCUT2D eigenvalue weighted by molar-refractivity contribution is -0.142. The van der Waals surface area contributed by atoms with E-state index < -0.39 is 22.1 Å². The van der Waals surface area contributed by atoms with Gasteiger partial charge in [0.25, 0.3) is 10.2 Å². The zero-order valence-corrected chi connectivity index (χ0v) is 12.3. The summed E-state index contributed by atoms with van der Waals surface area (Å²) in [7, 11) is -3.44. The molecule has 7 heteroatoms. The molecule has 0 aliphatic carbocycles. The van der Waals surface area contributed by atoms with E-state index in [0.717, 1.165) is 12.8 Å². The summed E-state index contributed by atoms with van der Waals surface area (Å²) >= 11 is 0. The van der Waals surface area contributed by atoms with Crippen molar-refractivity contribution in [3.05, 3.63) is 0 Å². The third kappa shape index (κ3) is 2.78. The Kier molecular flexibility index (Phi) is 3.90. The molecule has 0 atom stereocenters. The number of aliphatic carboxylic acids is 1. The van der Waals surface area contributed by atoms with Gasteiger partial charge < -0.3 is 5.11 Å². The van der Waals surface area contributed by atoms with Gasteiger partial charge in [-0.25, -0.2) is 0 Å². The molecule has 6 nitrogen and oxygen atoms in total. The summed E-state index contributed by atoms with van der Waals surface area (Å²) in [6.45, 7) is 5.08. The molecule has 2 fully saturated rings. The number of carbonyl (C=O) groups is 1. The minimum atomic E-state index is -3.44. The molecule has 2 heterocycles. The maximum atomic E-state index is 12.6. The Hall–Kier alpha value is -0.660. The van der Waals surface area contributed by atoms with Crippen molar-refractivity contribution in [1.82, 2.24) is 8.61 Å². The van der Waals surface area contributed by atoms with E-state index >= 15 is 0 Å². The van der Waals surface area contributed by atoms with Gasteiger partial charge in [0, 0.05) is 25.2 Å². The first-order valence-corrected chi connectivity index (χ1v) is 8.15. The van der Waals surface area contributed by atoms with E-state index in [0.29, 0.717) is 32.5 Å². The standard InChI is InChI=1S/C12H22N2O4S/c1-12(2)6-3-7-14(12)19(17,18)13-8-4-10(5-9-13)11(15)16/h10H,3-9H2,1-2H3,(H,15,16). The van der Waals surface area contributed by atoms with Crippen LogP contribution in [0.4, 0.5) is 0 Å². The average molecular weight is 290 g/mol. The number of nitrogens with zero attached hydrogens (tertiary/aromatic N) is 2. The molecule has 0 aromatic heterocycles. The van der Waals surface area contributed by atoms with E-state index in [2.05, 4.69) is 0 Å². The maximum absolute atomic E-state index is 12.6. The summed E-state index contributed by atoms with van der Waals surface area (Å²) in [5, 5.41) is 8.94. The van der Waals surface area contributed by atoms with Crippen molar-refractivity contribution in [1.29, 1.82) is 0 Å². The SMILES string of the molecule is CC1(C)CCCN1S(=O)(=O)N1CCC(C(=O)O)CC1. The fourth-order valence-electron chi connectivity index (χ4n) is 2.98. The van der Waals surface area contributed by atoms with Crippen LogP contribution in [-0.2, 0) is 15.0 Å². The number of piperidine rings is 1. The molecule has 2 saturated heterocycles. The molecule has 0 unspecified atom stereocenters. The van der Waals surface area contributed by atoms with Crippen LogP contribution in [0.5, 0.6) is 0 Å². The highest BCUT2D eigenvalue weighted by atomic mass is 32.2. The second kappa shape index (κ2) is 5.03. The Labute approximate surface area is 114 Å². The summed E-state index contributed by atoms with van der Waals surface area (Å²) in [5.74, 6) is -1.23. The van der Waals surface area contributed by atoms with Crippen LogP contribution in [0, 0.1) is 5.92 Å². The molecular weight excluding hydrogens is 268 g/mol. The summed E-state index contributed by atoms with van der Waals surface area (Å²) in [6.07, 6.45) is 2.57. The zero-order valence-electron chi connectivity index (χ0n) is 11.5. The summed E-state index contributed by atoms with van der Waals surface area (Å²) in [5.41, 5.74) is -0.331. The Bertz CT molecular complexity index is 452. The van der Waals surface area contributed by atoms with Gasteiger partial charge >= 0.3 is 5.97 Å². The van der Waals surface area contributed by atoms with E-state index in [1.54, 1.807) is 4.31 Å². The second-order valence-electron chi connectivity index (χ2n) is 6.01. The van der Waals surface area contributed by atoms with E-state index in [-0.39, 0.29) is 5.54 Å². The normalized spacial score (nSPS) is 26.6. The van der Waals surface area contributed by atoms with Crippen LogP contribution in [0.2, 0.25) is 0 Å². The van der Waals surface area contributed by atoms with Crippen LogP contribution in [0.3, 0.4) is 0 Å². The summed E-state index contributed by atoms with van der Waals surface area (Å²) in [4.78, 5) is 10.9. The molecular formula is C12H22N2O4S. The van der Waals surface area contributed by atoms with Gasteiger partial charge in [0.1, 0.15) is 0 Å². The van der Waals surface area contributed by atoms with Crippen molar-refractivity contribution in [3.63, 3.8) is 0 Å². The lowest BCUT2D eigenvalue weighted by atomic mass is 9.99. The highest BCUT2D eigenvalue weighted by Gasteiger charge is 2.44. The smallest absolute Gasteiger partial charge is 0.306 e. The topological polar surface area (TPSA) is 77.9 Å². The molecule has 2 aliphatic rings. The predicted molar refractivity (Wildman–Crippen MR) is 70.9 cm³/mol. The molecule has 2 aliphatic heterocycles. The van der Waals surface area contributed by atoms with Crippen LogP contribution in [0.1, 0.15) is 39.5 Å². The molecule has 0 amide bonds. The zero-order chi connectivity index (χ0) is 14.3. The molecule has 0 saturated carbocycles. The van der Waals surface area contributed by atoms with Gasteiger partial charge in [-0.1, -0.05) is 0 Å². The molecule has 0 spiro atoms. The Balaban J connectivity index is 2.08. The number of hydrogen-bond acceptors (Lipinski definition) is 3. The highest BCUT2D eigenvalue weighted by Crippen LogP contribution is 2.33. The third-order valence-electron chi connectivity index (χ3n) is 4.23. The van der Waals surface area contributed by atoms with Crippen LogP contribution in [0.25, 0.3) is 0 Å². The van der Waals surface area contributed by atoms with E-state index in [1.807, 2.05) is 13.8 Å². The van der Waals surface area contributed by atoms with Gasteiger partial charge in [0.2, 0.25) is 0 Å². The second-order valence-corrected chi connectivity index (χ2v) is 7.86. The quantitative estimate of drug-likeness (QED) is 0.838. The summed E-state index contributed by atoms with van der Waals surface area (Å²) < 4.78 is 28.2. The van der Waals surface area contributed by atoms with Crippen LogP contribution in [0.15, 0.2) is 0 Å². The number of carboxylic acids is 1. The van der Waals surface area contributed by atoms with Gasteiger partial charge in [-0.3, -0.25) is 4.79 Å². The van der Waals surface area contributed by atoms with Gasteiger partial charge in [0.15, 0.2) is 0 Å². The molecule has 0 aromatic carbocycles. The fourth-order valence-corrected chi connectivity index (χ4v) is 5.01. The third-order valence-corrected chi connectivity index (χ3v) is 6.48. The Morgan fingerprint density at radius 1 is 1.21 bits per heavy atom. The lowest BCUT2D eigenvalue weighted by Gasteiger charge is -2.37. The molecule has 19 heavy (non-hydrogen) atoms. The van der Waals surface area contributed by atoms with Crippen molar-refractivity contribution in [2.75, 3.05) is 19.6 Å². The van der Waals surface area contributed by atoms with E-state index in [9.17, 15) is 13.2 Å². The van der Waals surface area contributed by atoms with Crippen molar-refractivity contribution in [3.8, 4) is 0 Å². The monoisotopic (exact) mass is 290 g/mol. The summed E-state index contributed by atoms with van der Waals surface area (Å²) in [6, 6.07) is 0. The molecule has 110 valence electrons. The van der Waals surface area contributed by atoms with Gasteiger partial charge in [-0.05, 0) is 39.5 Å². The number of hydrogen-bond donors (Lipinski definition) is 1.